The van der Waals surface area contributed by atoms with E-state index in [9.17, 15) is 4.79 Å². The molecule has 0 radical (unpaired) electrons. The maximum Gasteiger partial charge on any atom is 0.278 e. The van der Waals surface area contributed by atoms with E-state index in [2.05, 4.69) is 21.4 Å². The fourth-order valence-electron chi connectivity index (χ4n) is 3.29. The van der Waals surface area contributed by atoms with Gasteiger partial charge in [-0.15, -0.1) is 0 Å². The molecular formula is C21H19ClN4O. The van der Waals surface area contributed by atoms with E-state index >= 15 is 0 Å². The molecule has 1 amide bonds. The fraction of sp³-hybridized carbons (Fsp3) is 0.190. The number of nitrogens with one attached hydrogen (secondary N) is 1. The molecule has 0 saturated heterocycles. The first-order chi connectivity index (χ1) is 13.1. The number of nitrogens with zero attached hydrogens (tertiary/aromatic N) is 3. The Kier molecular flexibility index (Phi) is 4.77. The average molecular weight is 379 g/mol. The zero-order chi connectivity index (χ0) is 18.8. The molecule has 6 heteroatoms. The Labute approximate surface area is 163 Å². The molecule has 0 spiro atoms. The molecule has 0 atom stereocenters. The van der Waals surface area contributed by atoms with E-state index in [-0.39, 0.29) is 5.91 Å². The monoisotopic (exact) mass is 378 g/mol. The van der Waals surface area contributed by atoms with Gasteiger partial charge in [-0.05, 0) is 55.2 Å². The highest BCUT2D eigenvalue weighted by molar-refractivity contribution is 6.30. The maximum atomic E-state index is 12.9. The standard InChI is InChI=1S/C21H19ClN4O/c1-14-11-16(22)8-9-17(14)25-20-13-23-18(12-24-20)21(27)26-10-4-6-15-5-2-3-7-19(15)26/h2-3,5,7-9,11-13H,4,6,10H2,1H3,(H,24,25). The third-order valence-corrected chi connectivity index (χ3v) is 4.91. The minimum Gasteiger partial charge on any atom is -0.339 e. The van der Waals surface area contributed by atoms with Crippen LogP contribution in [0.1, 0.15) is 28.0 Å². The van der Waals surface area contributed by atoms with Gasteiger partial charge in [0.25, 0.3) is 5.91 Å². The molecule has 4 rings (SSSR count). The van der Waals surface area contributed by atoms with E-state index in [4.69, 9.17) is 11.6 Å². The topological polar surface area (TPSA) is 58.1 Å². The Morgan fingerprint density at radius 3 is 2.78 bits per heavy atom. The van der Waals surface area contributed by atoms with E-state index < -0.39 is 0 Å². The fourth-order valence-corrected chi connectivity index (χ4v) is 3.52. The highest BCUT2D eigenvalue weighted by Crippen LogP contribution is 2.28. The van der Waals surface area contributed by atoms with E-state index in [1.807, 2.05) is 43.3 Å². The molecular weight excluding hydrogens is 360 g/mol. The van der Waals surface area contributed by atoms with Gasteiger partial charge in [-0.2, -0.15) is 0 Å². The molecule has 3 aromatic rings. The molecule has 1 aromatic heterocycles. The summed E-state index contributed by atoms with van der Waals surface area (Å²) in [5.41, 5.74) is 4.41. The summed E-state index contributed by atoms with van der Waals surface area (Å²) in [6, 6.07) is 13.6. The number of carbonyl (C=O) groups is 1. The molecule has 0 aliphatic carbocycles. The maximum absolute atomic E-state index is 12.9. The second kappa shape index (κ2) is 7.37. The lowest BCUT2D eigenvalue weighted by Gasteiger charge is -2.29. The van der Waals surface area contributed by atoms with Crippen molar-refractivity contribution in [3.63, 3.8) is 0 Å². The number of fused-ring (bicyclic) bond motifs is 1. The zero-order valence-electron chi connectivity index (χ0n) is 14.9. The van der Waals surface area contributed by atoms with Crippen molar-refractivity contribution < 1.29 is 4.79 Å². The third-order valence-electron chi connectivity index (χ3n) is 4.68. The van der Waals surface area contributed by atoms with Crippen molar-refractivity contribution in [2.24, 2.45) is 0 Å². The SMILES string of the molecule is Cc1cc(Cl)ccc1Nc1cnc(C(=O)N2CCCc3ccccc32)cn1. The Morgan fingerprint density at radius 1 is 1.15 bits per heavy atom. The number of hydrogen-bond donors (Lipinski definition) is 1. The Morgan fingerprint density at radius 2 is 2.00 bits per heavy atom. The molecule has 0 fully saturated rings. The molecule has 136 valence electrons. The van der Waals surface area contributed by atoms with Gasteiger partial charge in [0.15, 0.2) is 0 Å². The first kappa shape index (κ1) is 17.5. The number of halogens is 1. The summed E-state index contributed by atoms with van der Waals surface area (Å²) < 4.78 is 0. The van der Waals surface area contributed by atoms with E-state index in [1.165, 1.54) is 11.8 Å². The van der Waals surface area contributed by atoms with Gasteiger partial charge in [0.1, 0.15) is 11.5 Å². The quantitative estimate of drug-likeness (QED) is 0.712. The normalized spacial score (nSPS) is 13.2. The molecule has 0 saturated carbocycles. The minimum atomic E-state index is -0.121. The first-order valence-corrected chi connectivity index (χ1v) is 9.24. The largest absolute Gasteiger partial charge is 0.339 e. The minimum absolute atomic E-state index is 0.121. The predicted molar refractivity (Wildman–Crippen MR) is 108 cm³/mol. The number of amides is 1. The molecule has 0 unspecified atom stereocenters. The average Bonchev–Trinajstić information content (AvgIpc) is 2.70. The number of anilines is 3. The van der Waals surface area contributed by atoms with Crippen LogP contribution in [0.4, 0.5) is 17.2 Å². The van der Waals surface area contributed by atoms with Crippen molar-refractivity contribution >= 4 is 34.7 Å². The van der Waals surface area contributed by atoms with Crippen LogP contribution in [0.25, 0.3) is 0 Å². The van der Waals surface area contributed by atoms with Crippen molar-refractivity contribution in [2.45, 2.75) is 19.8 Å². The molecule has 2 heterocycles. The molecule has 1 aliphatic heterocycles. The summed E-state index contributed by atoms with van der Waals surface area (Å²) >= 11 is 5.99. The van der Waals surface area contributed by atoms with Gasteiger partial charge in [-0.25, -0.2) is 9.97 Å². The van der Waals surface area contributed by atoms with E-state index in [0.717, 1.165) is 29.8 Å². The first-order valence-electron chi connectivity index (χ1n) is 8.87. The summed E-state index contributed by atoms with van der Waals surface area (Å²) in [4.78, 5) is 23.4. The van der Waals surface area contributed by atoms with Crippen LogP contribution in [0.5, 0.6) is 0 Å². The lowest BCUT2D eigenvalue weighted by atomic mass is 10.0. The van der Waals surface area contributed by atoms with Gasteiger partial charge >= 0.3 is 0 Å². The van der Waals surface area contributed by atoms with Crippen LogP contribution in [0.2, 0.25) is 5.02 Å². The molecule has 27 heavy (non-hydrogen) atoms. The van der Waals surface area contributed by atoms with Gasteiger partial charge in [0, 0.05) is 22.9 Å². The number of benzene rings is 2. The Bertz CT molecular complexity index is 988. The van der Waals surface area contributed by atoms with Gasteiger partial charge in [0.2, 0.25) is 0 Å². The van der Waals surface area contributed by atoms with Gasteiger partial charge < -0.3 is 10.2 Å². The summed E-state index contributed by atoms with van der Waals surface area (Å²) in [5.74, 6) is 0.458. The number of hydrogen-bond acceptors (Lipinski definition) is 4. The molecule has 2 aromatic carbocycles. The third kappa shape index (κ3) is 3.64. The van der Waals surface area contributed by atoms with Gasteiger partial charge in [0.05, 0.1) is 12.4 Å². The molecule has 5 nitrogen and oxygen atoms in total. The summed E-state index contributed by atoms with van der Waals surface area (Å²) in [6.45, 7) is 2.66. The number of para-hydroxylation sites is 1. The number of rotatable bonds is 3. The van der Waals surface area contributed by atoms with Crippen molar-refractivity contribution in [2.75, 3.05) is 16.8 Å². The highest BCUT2D eigenvalue weighted by Gasteiger charge is 2.24. The van der Waals surface area contributed by atoms with Crippen molar-refractivity contribution in [3.05, 3.63) is 76.7 Å². The zero-order valence-corrected chi connectivity index (χ0v) is 15.7. The molecule has 0 bridgehead atoms. The van der Waals surface area contributed by atoms with E-state index in [0.29, 0.717) is 23.1 Å². The van der Waals surface area contributed by atoms with Gasteiger partial charge in [-0.3, -0.25) is 4.79 Å². The van der Waals surface area contributed by atoms with Crippen molar-refractivity contribution in [3.8, 4) is 0 Å². The summed E-state index contributed by atoms with van der Waals surface area (Å²) in [6.07, 6.45) is 5.05. The second-order valence-corrected chi connectivity index (χ2v) is 7.00. The van der Waals surface area contributed by atoms with Crippen molar-refractivity contribution in [1.82, 2.24) is 9.97 Å². The van der Waals surface area contributed by atoms with Crippen LogP contribution in [0.15, 0.2) is 54.9 Å². The summed E-state index contributed by atoms with van der Waals surface area (Å²) in [5, 5.41) is 3.89. The smallest absolute Gasteiger partial charge is 0.278 e. The Balaban J connectivity index is 1.53. The highest BCUT2D eigenvalue weighted by atomic mass is 35.5. The van der Waals surface area contributed by atoms with Crippen LogP contribution < -0.4 is 10.2 Å². The van der Waals surface area contributed by atoms with Crippen LogP contribution in [0, 0.1) is 6.92 Å². The van der Waals surface area contributed by atoms with Crippen LogP contribution in [-0.2, 0) is 6.42 Å². The number of aromatic nitrogens is 2. The van der Waals surface area contributed by atoms with Crippen LogP contribution >= 0.6 is 11.6 Å². The predicted octanol–water partition coefficient (Wildman–Crippen LogP) is 4.78. The Hall–Kier alpha value is -2.92. The lowest BCUT2D eigenvalue weighted by molar-refractivity contribution is 0.0980. The molecule has 1 aliphatic rings. The number of aryl methyl sites for hydroxylation is 2. The number of carbonyl (C=O) groups excluding carboxylic acids is 1. The summed E-state index contributed by atoms with van der Waals surface area (Å²) in [7, 11) is 0. The van der Waals surface area contributed by atoms with Crippen LogP contribution in [-0.4, -0.2) is 22.4 Å². The van der Waals surface area contributed by atoms with E-state index in [1.54, 1.807) is 11.1 Å². The van der Waals surface area contributed by atoms with Gasteiger partial charge in [-0.1, -0.05) is 29.8 Å². The lowest BCUT2D eigenvalue weighted by Crippen LogP contribution is -2.36. The van der Waals surface area contributed by atoms with Crippen LogP contribution in [0.3, 0.4) is 0 Å². The molecule has 1 N–H and O–H groups in total. The van der Waals surface area contributed by atoms with Crippen molar-refractivity contribution in [1.29, 1.82) is 0 Å². The second-order valence-electron chi connectivity index (χ2n) is 6.56.